The standard InChI is InChI=1S/C13H11NO5/c1-18-10-5-3-2-4-9(10)14-12(15)11-6-8(7-19-11)13(16)17/h2-7H,1H3,(H,14,15)(H,16,17). The van der Waals surface area contributed by atoms with Crippen molar-refractivity contribution in [2.75, 3.05) is 12.4 Å². The molecule has 0 fully saturated rings. The second kappa shape index (κ2) is 5.26. The van der Waals surface area contributed by atoms with Gasteiger partial charge in [-0.25, -0.2) is 4.79 Å². The van der Waals surface area contributed by atoms with Crippen molar-refractivity contribution in [3.63, 3.8) is 0 Å². The van der Waals surface area contributed by atoms with Crippen molar-refractivity contribution in [2.45, 2.75) is 0 Å². The van der Waals surface area contributed by atoms with Gasteiger partial charge in [0.05, 0.1) is 18.4 Å². The summed E-state index contributed by atoms with van der Waals surface area (Å²) < 4.78 is 9.99. The van der Waals surface area contributed by atoms with E-state index in [0.29, 0.717) is 11.4 Å². The summed E-state index contributed by atoms with van der Waals surface area (Å²) >= 11 is 0. The Morgan fingerprint density at radius 1 is 1.32 bits per heavy atom. The van der Waals surface area contributed by atoms with Crippen LogP contribution in [0.5, 0.6) is 5.75 Å². The summed E-state index contributed by atoms with van der Waals surface area (Å²) in [5, 5.41) is 11.3. The van der Waals surface area contributed by atoms with Crippen LogP contribution in [0, 0.1) is 0 Å². The van der Waals surface area contributed by atoms with Gasteiger partial charge in [0.25, 0.3) is 5.91 Å². The first-order chi connectivity index (χ1) is 9.11. The molecule has 0 bridgehead atoms. The zero-order valence-electron chi connectivity index (χ0n) is 10.0. The number of carbonyl (C=O) groups excluding carboxylic acids is 1. The van der Waals surface area contributed by atoms with Gasteiger partial charge < -0.3 is 19.6 Å². The van der Waals surface area contributed by atoms with E-state index in [0.717, 1.165) is 12.3 Å². The molecule has 0 saturated heterocycles. The molecule has 0 unspecified atom stereocenters. The molecule has 0 aliphatic heterocycles. The molecule has 1 aromatic heterocycles. The monoisotopic (exact) mass is 261 g/mol. The molecular formula is C13H11NO5. The van der Waals surface area contributed by atoms with E-state index in [1.807, 2.05) is 0 Å². The fourth-order valence-electron chi connectivity index (χ4n) is 1.50. The number of hydrogen-bond donors (Lipinski definition) is 2. The number of amides is 1. The first-order valence-corrected chi connectivity index (χ1v) is 5.38. The molecule has 0 aliphatic carbocycles. The molecule has 6 nitrogen and oxygen atoms in total. The van der Waals surface area contributed by atoms with E-state index >= 15 is 0 Å². The number of hydrogen-bond acceptors (Lipinski definition) is 4. The number of carboxylic acids is 1. The minimum Gasteiger partial charge on any atom is -0.495 e. The smallest absolute Gasteiger partial charge is 0.338 e. The fourth-order valence-corrected chi connectivity index (χ4v) is 1.50. The first kappa shape index (κ1) is 12.7. The van der Waals surface area contributed by atoms with Gasteiger partial charge >= 0.3 is 5.97 Å². The number of aromatic carboxylic acids is 1. The zero-order valence-corrected chi connectivity index (χ0v) is 10.0. The van der Waals surface area contributed by atoms with E-state index in [4.69, 9.17) is 14.3 Å². The Balaban J connectivity index is 2.18. The van der Waals surface area contributed by atoms with E-state index in [9.17, 15) is 9.59 Å². The zero-order chi connectivity index (χ0) is 13.8. The molecule has 0 aliphatic rings. The molecule has 2 rings (SSSR count). The maximum Gasteiger partial charge on any atom is 0.338 e. The predicted molar refractivity (Wildman–Crippen MR) is 66.6 cm³/mol. The highest BCUT2D eigenvalue weighted by Gasteiger charge is 2.15. The van der Waals surface area contributed by atoms with Crippen LogP contribution in [0.25, 0.3) is 0 Å². The van der Waals surface area contributed by atoms with E-state index in [2.05, 4.69) is 5.32 Å². The number of ether oxygens (including phenoxy) is 1. The second-order valence-electron chi connectivity index (χ2n) is 3.66. The summed E-state index contributed by atoms with van der Waals surface area (Å²) in [5.74, 6) is -1.28. The van der Waals surface area contributed by atoms with Gasteiger partial charge in [0, 0.05) is 6.07 Å². The third kappa shape index (κ3) is 2.74. The Morgan fingerprint density at radius 2 is 2.05 bits per heavy atom. The van der Waals surface area contributed by atoms with Gasteiger partial charge in [-0.1, -0.05) is 12.1 Å². The lowest BCUT2D eigenvalue weighted by molar-refractivity contribution is 0.0696. The number of carbonyl (C=O) groups is 2. The number of furan rings is 1. The van der Waals surface area contributed by atoms with Crippen molar-refractivity contribution in [3.8, 4) is 5.75 Å². The third-order valence-corrected chi connectivity index (χ3v) is 2.43. The minimum atomic E-state index is -1.15. The highest BCUT2D eigenvalue weighted by Crippen LogP contribution is 2.23. The Kier molecular flexibility index (Phi) is 3.51. The van der Waals surface area contributed by atoms with Gasteiger partial charge in [0.15, 0.2) is 5.76 Å². The molecule has 0 spiro atoms. The second-order valence-corrected chi connectivity index (χ2v) is 3.66. The highest BCUT2D eigenvalue weighted by atomic mass is 16.5. The summed E-state index contributed by atoms with van der Waals surface area (Å²) in [6.45, 7) is 0. The van der Waals surface area contributed by atoms with Gasteiger partial charge in [0.2, 0.25) is 0 Å². The van der Waals surface area contributed by atoms with Crippen molar-refractivity contribution in [1.82, 2.24) is 0 Å². The number of anilines is 1. The molecule has 1 heterocycles. The molecular weight excluding hydrogens is 250 g/mol. The van der Waals surface area contributed by atoms with Gasteiger partial charge in [-0.2, -0.15) is 0 Å². The molecule has 2 N–H and O–H groups in total. The Hall–Kier alpha value is -2.76. The molecule has 98 valence electrons. The number of carboxylic acid groups (broad SMARTS) is 1. The van der Waals surface area contributed by atoms with Crippen molar-refractivity contribution >= 4 is 17.6 Å². The molecule has 0 atom stereocenters. The van der Waals surface area contributed by atoms with Gasteiger partial charge in [0.1, 0.15) is 12.0 Å². The first-order valence-electron chi connectivity index (χ1n) is 5.38. The summed E-state index contributed by atoms with van der Waals surface area (Å²) in [4.78, 5) is 22.5. The number of nitrogens with one attached hydrogen (secondary N) is 1. The molecule has 6 heteroatoms. The van der Waals surface area contributed by atoms with Gasteiger partial charge in [-0.15, -0.1) is 0 Å². The lowest BCUT2D eigenvalue weighted by Gasteiger charge is -2.08. The van der Waals surface area contributed by atoms with Crippen LogP contribution in [-0.4, -0.2) is 24.1 Å². The van der Waals surface area contributed by atoms with E-state index in [-0.39, 0.29) is 11.3 Å². The molecule has 1 aromatic carbocycles. The number of rotatable bonds is 4. The molecule has 1 amide bonds. The minimum absolute atomic E-state index is 0.0785. The van der Waals surface area contributed by atoms with Crippen LogP contribution in [0.1, 0.15) is 20.9 Å². The van der Waals surface area contributed by atoms with E-state index < -0.39 is 11.9 Å². The fraction of sp³-hybridized carbons (Fsp3) is 0.0769. The molecule has 2 aromatic rings. The number of benzene rings is 1. The summed E-state index contributed by atoms with van der Waals surface area (Å²) in [5.41, 5.74) is 0.397. The average molecular weight is 261 g/mol. The predicted octanol–water partition coefficient (Wildman–Crippen LogP) is 2.24. The van der Waals surface area contributed by atoms with Crippen LogP contribution in [0.15, 0.2) is 41.0 Å². The van der Waals surface area contributed by atoms with Crippen LogP contribution >= 0.6 is 0 Å². The molecule has 0 saturated carbocycles. The van der Waals surface area contributed by atoms with Crippen molar-refractivity contribution in [3.05, 3.63) is 47.9 Å². The van der Waals surface area contributed by atoms with Crippen LogP contribution in [-0.2, 0) is 0 Å². The maximum absolute atomic E-state index is 11.9. The quantitative estimate of drug-likeness (QED) is 0.881. The Labute approximate surface area is 108 Å². The molecule has 19 heavy (non-hydrogen) atoms. The van der Waals surface area contributed by atoms with Gasteiger partial charge in [-0.05, 0) is 12.1 Å². The van der Waals surface area contributed by atoms with Crippen LogP contribution in [0.2, 0.25) is 0 Å². The van der Waals surface area contributed by atoms with E-state index in [1.54, 1.807) is 24.3 Å². The summed E-state index contributed by atoms with van der Waals surface area (Å²) in [6, 6.07) is 8.03. The largest absolute Gasteiger partial charge is 0.495 e. The number of methoxy groups -OCH3 is 1. The number of para-hydroxylation sites is 2. The average Bonchev–Trinajstić information content (AvgIpc) is 2.89. The Morgan fingerprint density at radius 3 is 2.68 bits per heavy atom. The lowest BCUT2D eigenvalue weighted by atomic mass is 10.2. The topological polar surface area (TPSA) is 88.8 Å². The van der Waals surface area contributed by atoms with Crippen LogP contribution in [0.3, 0.4) is 0 Å². The maximum atomic E-state index is 11.9. The summed E-state index contributed by atoms with van der Waals surface area (Å²) in [6.07, 6.45) is 1.01. The lowest BCUT2D eigenvalue weighted by Crippen LogP contribution is -2.11. The van der Waals surface area contributed by atoms with Crippen LogP contribution in [0.4, 0.5) is 5.69 Å². The highest BCUT2D eigenvalue weighted by molar-refractivity contribution is 6.04. The molecule has 0 radical (unpaired) electrons. The third-order valence-electron chi connectivity index (χ3n) is 2.43. The summed E-state index contributed by atoms with van der Waals surface area (Å²) in [7, 11) is 1.49. The normalized spacial score (nSPS) is 9.95. The Bertz CT molecular complexity index is 617. The van der Waals surface area contributed by atoms with E-state index in [1.165, 1.54) is 7.11 Å². The van der Waals surface area contributed by atoms with Crippen molar-refractivity contribution in [1.29, 1.82) is 0 Å². The van der Waals surface area contributed by atoms with Crippen LogP contribution < -0.4 is 10.1 Å². The SMILES string of the molecule is COc1ccccc1NC(=O)c1cc(C(=O)O)co1. The van der Waals surface area contributed by atoms with Crippen molar-refractivity contribution in [2.24, 2.45) is 0 Å². The van der Waals surface area contributed by atoms with Crippen molar-refractivity contribution < 1.29 is 23.8 Å². The van der Waals surface area contributed by atoms with Gasteiger partial charge in [-0.3, -0.25) is 4.79 Å².